The third-order valence-corrected chi connectivity index (χ3v) is 5.97. The second-order valence-electron chi connectivity index (χ2n) is 7.74. The Hall–Kier alpha value is -2.65. The number of likely N-dealkylation sites (N-methyl/N-ethyl adjacent to an activating group) is 1. The Morgan fingerprint density at radius 3 is 2.53 bits per heavy atom. The van der Waals surface area contributed by atoms with E-state index in [9.17, 15) is 13.2 Å². The molecule has 0 spiro atoms. The molecule has 10 heteroatoms. The molecule has 3 heterocycles. The molecule has 1 atom stereocenters. The molecule has 170 valence electrons. The van der Waals surface area contributed by atoms with Crippen LogP contribution in [-0.4, -0.2) is 52.6 Å². The number of anilines is 2. The third-order valence-electron chi connectivity index (χ3n) is 5.80. The predicted molar refractivity (Wildman–Crippen MR) is 120 cm³/mol. The monoisotopic (exact) mass is 464 g/mol. The van der Waals surface area contributed by atoms with Gasteiger partial charge in [0.05, 0.1) is 23.3 Å². The van der Waals surface area contributed by atoms with Gasteiger partial charge in [-0.15, -0.1) is 0 Å². The summed E-state index contributed by atoms with van der Waals surface area (Å²) in [5.41, 5.74) is 0.0348. The van der Waals surface area contributed by atoms with Gasteiger partial charge in [0.1, 0.15) is 17.5 Å². The molecule has 6 nitrogen and oxygen atoms in total. The van der Waals surface area contributed by atoms with Gasteiger partial charge in [-0.2, -0.15) is 0 Å². The van der Waals surface area contributed by atoms with Crippen molar-refractivity contribution in [3.8, 4) is 0 Å². The second-order valence-corrected chi connectivity index (χ2v) is 8.08. The molecule has 1 aromatic carbocycles. The van der Waals surface area contributed by atoms with Crippen LogP contribution in [0.25, 0.3) is 10.9 Å². The molecule has 1 saturated heterocycles. The Bertz CT molecular complexity index is 1100. The van der Waals surface area contributed by atoms with Crippen LogP contribution in [-0.2, 0) is 0 Å². The average Bonchev–Trinajstić information content (AvgIpc) is 2.78. The molecule has 0 bridgehead atoms. The number of benzene rings is 1. The number of pyridine rings is 1. The number of piperazine rings is 1. The minimum Gasteiger partial charge on any atom is -0.363 e. The number of aromatic nitrogens is 3. The Morgan fingerprint density at radius 1 is 1.12 bits per heavy atom. The number of nitrogens with one attached hydrogen (secondary N) is 1. The predicted octanol–water partition coefficient (Wildman–Crippen LogP) is 5.07. The largest absolute Gasteiger partial charge is 0.363 e. The highest BCUT2D eigenvalue weighted by Gasteiger charge is 2.22. The number of hydrogen-bond donors (Lipinski definition) is 1. The maximum Gasteiger partial charge on any atom is 0.266 e. The topological polar surface area (TPSA) is 57.2 Å². The average molecular weight is 465 g/mol. The first-order valence-electron chi connectivity index (χ1n) is 10.5. The summed E-state index contributed by atoms with van der Waals surface area (Å²) in [4.78, 5) is 17.6. The van der Waals surface area contributed by atoms with Crippen molar-refractivity contribution < 1.29 is 13.2 Å². The first-order valence-corrected chi connectivity index (χ1v) is 10.9. The maximum absolute atomic E-state index is 14.6. The van der Waals surface area contributed by atoms with Crippen LogP contribution in [0.1, 0.15) is 37.4 Å². The molecule has 0 amide bonds. The van der Waals surface area contributed by atoms with E-state index < -0.39 is 23.8 Å². The Balaban J connectivity index is 1.65. The zero-order chi connectivity index (χ0) is 22.8. The Labute approximate surface area is 189 Å². The van der Waals surface area contributed by atoms with E-state index in [1.54, 1.807) is 13.1 Å². The molecule has 1 N–H and O–H groups in total. The van der Waals surface area contributed by atoms with Crippen molar-refractivity contribution in [2.24, 2.45) is 0 Å². The van der Waals surface area contributed by atoms with Crippen LogP contribution >= 0.6 is 11.6 Å². The van der Waals surface area contributed by atoms with Crippen LogP contribution in [0, 0.1) is 5.82 Å². The summed E-state index contributed by atoms with van der Waals surface area (Å²) >= 11 is 6.09. The van der Waals surface area contributed by atoms with Crippen molar-refractivity contribution in [2.45, 2.75) is 26.3 Å². The van der Waals surface area contributed by atoms with E-state index in [0.717, 1.165) is 44.6 Å². The molecule has 1 fully saturated rings. The van der Waals surface area contributed by atoms with Crippen molar-refractivity contribution >= 4 is 34.1 Å². The summed E-state index contributed by atoms with van der Waals surface area (Å²) in [6, 6.07) is 5.23. The summed E-state index contributed by atoms with van der Waals surface area (Å²) < 4.78 is 40.9. The van der Waals surface area contributed by atoms with E-state index in [-0.39, 0.29) is 10.8 Å². The number of nitrogens with zero attached hydrogens (tertiary/aromatic N) is 5. The molecule has 0 aliphatic carbocycles. The molecule has 0 saturated carbocycles. The van der Waals surface area contributed by atoms with Gasteiger partial charge < -0.3 is 15.1 Å². The van der Waals surface area contributed by atoms with Crippen LogP contribution in [0.2, 0.25) is 5.28 Å². The van der Waals surface area contributed by atoms with Gasteiger partial charge in [0.2, 0.25) is 5.28 Å². The highest BCUT2D eigenvalue weighted by atomic mass is 35.5. The smallest absolute Gasteiger partial charge is 0.266 e. The van der Waals surface area contributed by atoms with E-state index in [1.807, 2.05) is 6.07 Å². The fourth-order valence-corrected chi connectivity index (χ4v) is 4.10. The number of hydrogen-bond acceptors (Lipinski definition) is 6. The first kappa shape index (κ1) is 22.5. The quantitative estimate of drug-likeness (QED) is 0.514. The normalized spacial score (nSPS) is 16.0. The van der Waals surface area contributed by atoms with Gasteiger partial charge in [-0.25, -0.2) is 28.1 Å². The van der Waals surface area contributed by atoms with Crippen molar-refractivity contribution in [3.05, 3.63) is 52.7 Å². The summed E-state index contributed by atoms with van der Waals surface area (Å²) in [5, 5.41) is 3.81. The minimum absolute atomic E-state index is 0.0140. The van der Waals surface area contributed by atoms with E-state index in [2.05, 4.69) is 37.0 Å². The Morgan fingerprint density at radius 2 is 1.84 bits per heavy atom. The van der Waals surface area contributed by atoms with Crippen molar-refractivity contribution in [1.29, 1.82) is 0 Å². The fraction of sp³-hybridized carbons (Fsp3) is 0.409. The highest BCUT2D eigenvalue weighted by molar-refractivity contribution is 6.28. The van der Waals surface area contributed by atoms with Gasteiger partial charge in [0.15, 0.2) is 0 Å². The lowest BCUT2D eigenvalue weighted by molar-refractivity contribution is 0.146. The zero-order valence-corrected chi connectivity index (χ0v) is 18.6. The van der Waals surface area contributed by atoms with Crippen LogP contribution in [0.4, 0.5) is 24.8 Å². The number of alkyl halides is 2. The molecule has 2 aromatic heterocycles. The maximum atomic E-state index is 14.6. The molecule has 4 rings (SSSR count). The van der Waals surface area contributed by atoms with Gasteiger partial charge in [-0.1, -0.05) is 25.1 Å². The molecule has 1 aliphatic rings. The van der Waals surface area contributed by atoms with E-state index in [4.69, 9.17) is 11.6 Å². The summed E-state index contributed by atoms with van der Waals surface area (Å²) in [5.74, 6) is 0.258. The minimum atomic E-state index is -2.89. The van der Waals surface area contributed by atoms with Gasteiger partial charge in [-0.3, -0.25) is 0 Å². The molecule has 0 radical (unpaired) electrons. The van der Waals surface area contributed by atoms with Gasteiger partial charge in [0.25, 0.3) is 6.43 Å². The fourth-order valence-electron chi connectivity index (χ4n) is 3.92. The molecule has 3 aromatic rings. The third kappa shape index (κ3) is 4.59. The molecule has 0 unspecified atom stereocenters. The van der Waals surface area contributed by atoms with Crippen LogP contribution in [0.5, 0.6) is 0 Å². The van der Waals surface area contributed by atoms with Crippen LogP contribution in [0.3, 0.4) is 0 Å². The van der Waals surface area contributed by atoms with Gasteiger partial charge >= 0.3 is 0 Å². The number of halogens is 4. The molecule has 32 heavy (non-hydrogen) atoms. The van der Waals surface area contributed by atoms with Crippen molar-refractivity contribution in [2.75, 3.05) is 42.9 Å². The lowest BCUT2D eigenvalue weighted by Gasteiger charge is -2.34. The number of fused-ring (bicyclic) bond motifs is 1. The highest BCUT2D eigenvalue weighted by Crippen LogP contribution is 2.31. The van der Waals surface area contributed by atoms with Gasteiger partial charge in [0, 0.05) is 37.1 Å². The van der Waals surface area contributed by atoms with Crippen LogP contribution < -0.4 is 10.2 Å². The lowest BCUT2D eigenvalue weighted by atomic mass is 10.0. The Kier molecular flexibility index (Phi) is 6.66. The van der Waals surface area contributed by atoms with E-state index in [0.29, 0.717) is 16.7 Å². The van der Waals surface area contributed by atoms with E-state index >= 15 is 0 Å². The van der Waals surface area contributed by atoms with Crippen molar-refractivity contribution in [1.82, 2.24) is 19.9 Å². The summed E-state index contributed by atoms with van der Waals surface area (Å²) in [6.45, 7) is 8.45. The standard InChI is InChI=1S/C22H24ClF3N6/c1-3-31-7-9-32(10-8-31)18-11-16-17(12-27-18)29-22(23)30-21(16)28-13(2)14-5-4-6-15(19(14)24)20(25)26/h4-6,11-13,20H,3,7-10H2,1-2H3,(H,28,29,30)/t13-/m1/s1. The molecule has 1 aliphatic heterocycles. The molecular weight excluding hydrogens is 441 g/mol. The van der Waals surface area contributed by atoms with Gasteiger partial charge in [-0.05, 0) is 31.1 Å². The second kappa shape index (κ2) is 9.46. The summed E-state index contributed by atoms with van der Waals surface area (Å²) in [7, 11) is 0. The summed E-state index contributed by atoms with van der Waals surface area (Å²) in [6.07, 6.45) is -1.25. The SMILES string of the molecule is CCN1CCN(c2cc3c(N[C@H](C)c4cccc(C(F)F)c4F)nc(Cl)nc3cn2)CC1. The number of rotatable bonds is 6. The first-order chi connectivity index (χ1) is 15.4. The zero-order valence-electron chi connectivity index (χ0n) is 17.8. The van der Waals surface area contributed by atoms with E-state index in [1.165, 1.54) is 12.1 Å². The lowest BCUT2D eigenvalue weighted by Crippen LogP contribution is -2.46. The van der Waals surface area contributed by atoms with Crippen molar-refractivity contribution in [3.63, 3.8) is 0 Å². The molecular formula is C22H24ClF3N6. The van der Waals surface area contributed by atoms with Crippen LogP contribution in [0.15, 0.2) is 30.5 Å².